The van der Waals surface area contributed by atoms with Crippen molar-refractivity contribution < 1.29 is 17.9 Å². The van der Waals surface area contributed by atoms with Crippen LogP contribution < -0.4 is 4.72 Å². The molecule has 1 saturated carbocycles. The molecule has 0 bridgehead atoms. The van der Waals surface area contributed by atoms with Gasteiger partial charge in [-0.1, -0.05) is 41.4 Å². The van der Waals surface area contributed by atoms with Gasteiger partial charge in [-0.15, -0.1) is 0 Å². The first-order chi connectivity index (χ1) is 13.4. The molecule has 1 N–H and O–H groups in total. The first-order valence-electron chi connectivity index (χ1n) is 9.23. The molecule has 2 aromatic rings. The molecule has 4 rings (SSSR count). The topological polar surface area (TPSA) is 64.6 Å². The largest absolute Gasteiger partial charge is 0.373 e. The molecule has 150 valence electrons. The fourth-order valence-corrected chi connectivity index (χ4v) is 5.34. The van der Waals surface area contributed by atoms with E-state index < -0.39 is 10.0 Å². The highest BCUT2D eigenvalue weighted by Gasteiger charge is 2.35. The molecule has 0 amide bonds. The molecule has 0 spiro atoms. The molecule has 2 aliphatic rings. The van der Waals surface area contributed by atoms with Gasteiger partial charge in [-0.25, -0.2) is 13.1 Å². The van der Waals surface area contributed by atoms with Crippen LogP contribution in [0.5, 0.6) is 0 Å². The lowest BCUT2D eigenvalue weighted by molar-refractivity contribution is -0.156. The van der Waals surface area contributed by atoms with Gasteiger partial charge in [-0.3, -0.25) is 0 Å². The first kappa shape index (κ1) is 20.1. The summed E-state index contributed by atoms with van der Waals surface area (Å²) in [5.74, 6) is 0. The summed E-state index contributed by atoms with van der Waals surface area (Å²) in [6.07, 6.45) is 2.22. The molecule has 1 aliphatic heterocycles. The van der Waals surface area contributed by atoms with Crippen LogP contribution >= 0.6 is 23.2 Å². The number of nitrogens with one attached hydrogen (secondary N) is 1. The molecule has 2 fully saturated rings. The Morgan fingerprint density at radius 2 is 1.54 bits per heavy atom. The summed E-state index contributed by atoms with van der Waals surface area (Å²) < 4.78 is 39.8. The highest BCUT2D eigenvalue weighted by Crippen LogP contribution is 2.30. The normalized spacial score (nSPS) is 25.3. The molecule has 3 atom stereocenters. The first-order valence-corrected chi connectivity index (χ1v) is 11.5. The maximum Gasteiger partial charge on any atom is 0.240 e. The molecule has 0 aromatic heterocycles. The molecule has 0 radical (unpaired) electrons. The van der Waals surface area contributed by atoms with Crippen molar-refractivity contribution in [3.8, 4) is 11.1 Å². The Morgan fingerprint density at radius 1 is 0.857 bits per heavy atom. The summed E-state index contributed by atoms with van der Waals surface area (Å²) in [6.45, 7) is 1.18. The smallest absolute Gasteiger partial charge is 0.240 e. The molecule has 1 saturated heterocycles. The Labute approximate surface area is 175 Å². The number of fused-ring (bicyclic) bond motifs is 1. The van der Waals surface area contributed by atoms with Gasteiger partial charge >= 0.3 is 0 Å². The van der Waals surface area contributed by atoms with Crippen molar-refractivity contribution in [2.75, 3.05) is 13.2 Å². The molecule has 2 aromatic carbocycles. The van der Waals surface area contributed by atoms with Crippen LogP contribution in [-0.2, 0) is 19.5 Å². The van der Waals surface area contributed by atoms with Crippen molar-refractivity contribution in [2.45, 2.75) is 42.4 Å². The highest BCUT2D eigenvalue weighted by molar-refractivity contribution is 7.89. The van der Waals surface area contributed by atoms with Crippen molar-refractivity contribution in [3.63, 3.8) is 0 Å². The molecular formula is C20H21Cl2NO4S. The lowest BCUT2D eigenvalue weighted by Crippen LogP contribution is -2.49. The second-order valence-corrected chi connectivity index (χ2v) is 9.63. The average molecular weight is 442 g/mol. The number of sulfonamides is 1. The van der Waals surface area contributed by atoms with E-state index in [1.54, 1.807) is 36.4 Å². The molecule has 0 unspecified atom stereocenters. The second kappa shape index (κ2) is 8.30. The maximum atomic E-state index is 12.8. The highest BCUT2D eigenvalue weighted by atomic mass is 35.5. The lowest BCUT2D eigenvalue weighted by Gasteiger charge is -2.38. The third kappa shape index (κ3) is 4.37. The van der Waals surface area contributed by atoms with Crippen molar-refractivity contribution in [1.29, 1.82) is 0 Å². The van der Waals surface area contributed by atoms with Gasteiger partial charge in [0.15, 0.2) is 0 Å². The zero-order valence-corrected chi connectivity index (χ0v) is 17.4. The Balaban J connectivity index is 1.46. The third-order valence-corrected chi connectivity index (χ3v) is 7.49. The summed E-state index contributed by atoms with van der Waals surface area (Å²) >= 11 is 12.0. The monoisotopic (exact) mass is 441 g/mol. The fraction of sp³-hybridized carbons (Fsp3) is 0.400. The predicted molar refractivity (Wildman–Crippen MR) is 109 cm³/mol. The van der Waals surface area contributed by atoms with Crippen LogP contribution in [0.3, 0.4) is 0 Å². The van der Waals surface area contributed by atoms with Crippen molar-refractivity contribution in [1.82, 2.24) is 4.72 Å². The number of benzene rings is 2. The number of hydrogen-bond acceptors (Lipinski definition) is 4. The lowest BCUT2D eigenvalue weighted by atomic mass is 9.90. The predicted octanol–water partition coefficient (Wildman–Crippen LogP) is 4.28. The summed E-state index contributed by atoms with van der Waals surface area (Å²) in [4.78, 5) is 0.235. The molecule has 8 heteroatoms. The van der Waals surface area contributed by atoms with Crippen LogP contribution in [0.4, 0.5) is 0 Å². The van der Waals surface area contributed by atoms with E-state index in [0.29, 0.717) is 29.7 Å². The fourth-order valence-electron chi connectivity index (χ4n) is 3.76. The summed E-state index contributed by atoms with van der Waals surface area (Å²) in [5.41, 5.74) is 1.74. The van der Waals surface area contributed by atoms with E-state index in [2.05, 4.69) is 4.72 Å². The Bertz CT molecular complexity index is 949. The SMILES string of the molecule is O=S(=O)(N[C@@H]1CC[C@@H]2OCCO[C@H]2C1)c1ccc(-c2ccc(Cl)c(Cl)c2)cc1. The molecule has 5 nitrogen and oxygen atoms in total. The van der Waals surface area contributed by atoms with E-state index in [4.69, 9.17) is 32.7 Å². The zero-order chi connectivity index (χ0) is 19.7. The van der Waals surface area contributed by atoms with Gasteiger partial charge in [-0.2, -0.15) is 0 Å². The van der Waals surface area contributed by atoms with E-state index >= 15 is 0 Å². The van der Waals surface area contributed by atoms with E-state index in [-0.39, 0.29) is 23.1 Å². The number of hydrogen-bond donors (Lipinski definition) is 1. The molecular weight excluding hydrogens is 421 g/mol. The van der Waals surface area contributed by atoms with Crippen LogP contribution in [0.25, 0.3) is 11.1 Å². The summed E-state index contributed by atoms with van der Waals surface area (Å²) in [6, 6.07) is 11.9. The van der Waals surface area contributed by atoms with E-state index in [0.717, 1.165) is 24.0 Å². The summed E-state index contributed by atoms with van der Waals surface area (Å²) in [5, 5.41) is 0.943. The van der Waals surface area contributed by atoms with Gasteiger partial charge in [-0.05, 0) is 54.7 Å². The van der Waals surface area contributed by atoms with E-state index in [9.17, 15) is 8.42 Å². The molecule has 1 aliphatic carbocycles. The molecule has 28 heavy (non-hydrogen) atoms. The number of ether oxygens (including phenoxy) is 2. The van der Waals surface area contributed by atoms with Gasteiger partial charge in [0.1, 0.15) is 0 Å². The minimum atomic E-state index is -3.61. The zero-order valence-electron chi connectivity index (χ0n) is 15.1. The van der Waals surface area contributed by atoms with Crippen LogP contribution in [0, 0.1) is 0 Å². The standard InChI is InChI=1S/C20H21Cl2NO4S/c21-17-7-3-14(11-18(17)22)13-1-5-16(6-2-13)28(24,25)23-15-4-8-19-20(12-15)27-10-9-26-19/h1-3,5-7,11,15,19-20,23H,4,8-10,12H2/t15-,19+,20+/m1/s1. The Hall–Kier alpha value is -1.15. The van der Waals surface area contributed by atoms with E-state index in [1.807, 2.05) is 6.07 Å². The third-order valence-electron chi connectivity index (χ3n) is 5.22. The van der Waals surface area contributed by atoms with Gasteiger partial charge in [0.2, 0.25) is 10.0 Å². The van der Waals surface area contributed by atoms with Crippen molar-refractivity contribution in [3.05, 3.63) is 52.5 Å². The second-order valence-electron chi connectivity index (χ2n) is 7.10. The Kier molecular flexibility index (Phi) is 5.97. The molecule has 1 heterocycles. The van der Waals surface area contributed by atoms with Gasteiger partial charge < -0.3 is 9.47 Å². The van der Waals surface area contributed by atoms with E-state index in [1.165, 1.54) is 0 Å². The van der Waals surface area contributed by atoms with Crippen LogP contribution in [0.15, 0.2) is 47.4 Å². The number of halogens is 2. The average Bonchev–Trinajstić information content (AvgIpc) is 2.70. The minimum Gasteiger partial charge on any atom is -0.373 e. The van der Waals surface area contributed by atoms with Crippen LogP contribution in [0.1, 0.15) is 19.3 Å². The van der Waals surface area contributed by atoms with Crippen LogP contribution in [0.2, 0.25) is 10.0 Å². The van der Waals surface area contributed by atoms with Crippen molar-refractivity contribution >= 4 is 33.2 Å². The summed E-state index contributed by atoms with van der Waals surface area (Å²) in [7, 11) is -3.61. The van der Waals surface area contributed by atoms with Crippen molar-refractivity contribution in [2.24, 2.45) is 0 Å². The van der Waals surface area contributed by atoms with Crippen LogP contribution in [-0.4, -0.2) is 39.9 Å². The van der Waals surface area contributed by atoms with Gasteiger partial charge in [0.05, 0.1) is 40.4 Å². The van der Waals surface area contributed by atoms with Gasteiger partial charge in [0, 0.05) is 6.04 Å². The Morgan fingerprint density at radius 3 is 2.25 bits per heavy atom. The van der Waals surface area contributed by atoms with Gasteiger partial charge in [0.25, 0.3) is 0 Å². The minimum absolute atomic E-state index is 0.0350. The maximum absolute atomic E-state index is 12.8. The quantitative estimate of drug-likeness (QED) is 0.768. The number of rotatable bonds is 4.